The summed E-state index contributed by atoms with van der Waals surface area (Å²) in [5.74, 6) is 0.845. The van der Waals surface area contributed by atoms with Crippen LogP contribution in [-0.4, -0.2) is 42.3 Å². The molecule has 1 amide bonds. The fourth-order valence-corrected chi connectivity index (χ4v) is 4.86. The average molecular weight is 325 g/mol. The van der Waals surface area contributed by atoms with E-state index in [2.05, 4.69) is 26.1 Å². The molecule has 0 heterocycles. The summed E-state index contributed by atoms with van der Waals surface area (Å²) in [5.41, 5.74) is 0.352. The molecule has 4 nitrogen and oxygen atoms in total. The van der Waals surface area contributed by atoms with Gasteiger partial charge in [0, 0.05) is 25.7 Å². The normalized spacial score (nSPS) is 32.1. The highest BCUT2D eigenvalue weighted by atomic mass is 16.6. The number of fused-ring (bicyclic) bond motifs is 2. The molecule has 3 unspecified atom stereocenters. The quantitative estimate of drug-likeness (QED) is 0.829. The topological polar surface area (TPSA) is 41.6 Å². The Bertz CT molecular complexity index is 436. The monoisotopic (exact) mass is 324 g/mol. The van der Waals surface area contributed by atoms with Crippen LogP contribution in [-0.2, 0) is 4.74 Å². The van der Waals surface area contributed by atoms with Crippen molar-refractivity contribution in [3.05, 3.63) is 0 Å². The van der Waals surface area contributed by atoms with Gasteiger partial charge in [-0.25, -0.2) is 4.79 Å². The highest BCUT2D eigenvalue weighted by Crippen LogP contribution is 2.62. The van der Waals surface area contributed by atoms with Crippen molar-refractivity contribution >= 4 is 6.09 Å². The van der Waals surface area contributed by atoms with Gasteiger partial charge in [-0.15, -0.1) is 0 Å². The van der Waals surface area contributed by atoms with Crippen molar-refractivity contribution in [2.75, 3.05) is 19.6 Å². The molecule has 2 fully saturated rings. The standard InChI is InChI=1S/C19H36N2O2/c1-8-21(16(22)23-17(2,3)4)12-11-20-15-18(5,6)14-9-10-19(15,7)13-14/h14-15,20H,8-13H2,1-7H3. The minimum absolute atomic E-state index is 0.208. The molecule has 23 heavy (non-hydrogen) atoms. The summed E-state index contributed by atoms with van der Waals surface area (Å²) in [6.07, 6.45) is 3.85. The fraction of sp³-hybridized carbons (Fsp3) is 0.947. The summed E-state index contributed by atoms with van der Waals surface area (Å²) in [6, 6.07) is 0.547. The van der Waals surface area contributed by atoms with Crippen molar-refractivity contribution in [1.29, 1.82) is 0 Å². The van der Waals surface area contributed by atoms with Gasteiger partial charge in [0.25, 0.3) is 0 Å². The Kier molecular flexibility index (Phi) is 5.06. The summed E-state index contributed by atoms with van der Waals surface area (Å²) < 4.78 is 5.48. The first-order chi connectivity index (χ1) is 10.5. The van der Waals surface area contributed by atoms with Gasteiger partial charge in [0.2, 0.25) is 0 Å². The number of amides is 1. The zero-order chi connectivity index (χ0) is 17.5. The lowest BCUT2D eigenvalue weighted by molar-refractivity contribution is 0.0252. The minimum Gasteiger partial charge on any atom is -0.444 e. The molecule has 0 aromatic carbocycles. The van der Waals surface area contributed by atoms with Crippen molar-refractivity contribution in [2.24, 2.45) is 16.7 Å². The van der Waals surface area contributed by atoms with E-state index in [0.29, 0.717) is 30.0 Å². The molecule has 2 aliphatic rings. The first-order valence-electron chi connectivity index (χ1n) is 9.21. The van der Waals surface area contributed by atoms with Crippen LogP contribution in [0.25, 0.3) is 0 Å². The van der Waals surface area contributed by atoms with Crippen molar-refractivity contribution < 1.29 is 9.53 Å². The summed E-state index contributed by atoms with van der Waals surface area (Å²) in [4.78, 5) is 14.0. The van der Waals surface area contributed by atoms with Crippen LogP contribution in [0.3, 0.4) is 0 Å². The lowest BCUT2D eigenvalue weighted by atomic mass is 9.68. The van der Waals surface area contributed by atoms with Crippen LogP contribution in [0.5, 0.6) is 0 Å². The van der Waals surface area contributed by atoms with E-state index in [1.165, 1.54) is 19.3 Å². The third-order valence-electron chi connectivity index (χ3n) is 6.03. The molecule has 2 aliphatic carbocycles. The van der Waals surface area contributed by atoms with Crippen molar-refractivity contribution in [3.63, 3.8) is 0 Å². The molecule has 1 N–H and O–H groups in total. The number of likely N-dealkylation sites (N-methyl/N-ethyl adjacent to an activating group) is 1. The predicted octanol–water partition coefficient (Wildman–Crippen LogP) is 4.05. The highest BCUT2D eigenvalue weighted by molar-refractivity contribution is 5.68. The summed E-state index contributed by atoms with van der Waals surface area (Å²) in [5, 5.41) is 3.78. The Hall–Kier alpha value is -0.770. The van der Waals surface area contributed by atoms with Crippen molar-refractivity contribution in [1.82, 2.24) is 10.2 Å². The van der Waals surface area contributed by atoms with E-state index in [1.54, 1.807) is 4.90 Å². The van der Waals surface area contributed by atoms with Gasteiger partial charge >= 0.3 is 6.09 Å². The Morgan fingerprint density at radius 2 is 1.96 bits per heavy atom. The molecule has 2 saturated carbocycles. The lowest BCUT2D eigenvalue weighted by Gasteiger charge is -2.43. The molecule has 0 aromatic rings. The number of ether oxygens (including phenoxy) is 1. The lowest BCUT2D eigenvalue weighted by Crippen LogP contribution is -2.52. The van der Waals surface area contributed by atoms with E-state index in [0.717, 1.165) is 12.5 Å². The molecule has 3 atom stereocenters. The summed E-state index contributed by atoms with van der Waals surface area (Å²) in [7, 11) is 0. The maximum atomic E-state index is 12.2. The van der Waals surface area contributed by atoms with Crippen LogP contribution in [0.1, 0.15) is 67.7 Å². The Labute approximate surface area is 142 Å². The smallest absolute Gasteiger partial charge is 0.410 e. The molecular formula is C19H36N2O2. The van der Waals surface area contributed by atoms with Crippen LogP contribution >= 0.6 is 0 Å². The van der Waals surface area contributed by atoms with Gasteiger partial charge in [-0.3, -0.25) is 0 Å². The van der Waals surface area contributed by atoms with E-state index >= 15 is 0 Å². The van der Waals surface area contributed by atoms with Gasteiger partial charge in [-0.1, -0.05) is 20.8 Å². The predicted molar refractivity (Wildman–Crippen MR) is 94.5 cm³/mol. The van der Waals surface area contributed by atoms with E-state index < -0.39 is 5.60 Å². The first-order valence-corrected chi connectivity index (χ1v) is 9.21. The second kappa shape index (κ2) is 6.27. The zero-order valence-corrected chi connectivity index (χ0v) is 16.2. The minimum atomic E-state index is -0.433. The molecule has 0 spiro atoms. The number of hydrogen-bond acceptors (Lipinski definition) is 3. The maximum absolute atomic E-state index is 12.2. The average Bonchev–Trinajstić information content (AvgIpc) is 2.86. The van der Waals surface area contributed by atoms with Crippen LogP contribution in [0, 0.1) is 16.7 Å². The van der Waals surface area contributed by atoms with Gasteiger partial charge in [0.05, 0.1) is 0 Å². The molecular weight excluding hydrogens is 288 g/mol. The number of carbonyl (C=O) groups is 1. The third kappa shape index (κ3) is 3.84. The summed E-state index contributed by atoms with van der Waals surface area (Å²) >= 11 is 0. The zero-order valence-electron chi connectivity index (χ0n) is 16.2. The van der Waals surface area contributed by atoms with Gasteiger partial charge in [0.15, 0.2) is 0 Å². The first kappa shape index (κ1) is 18.6. The largest absolute Gasteiger partial charge is 0.444 e. The van der Waals surface area contributed by atoms with E-state index in [9.17, 15) is 4.79 Å². The van der Waals surface area contributed by atoms with Gasteiger partial charge in [-0.05, 0) is 63.7 Å². The number of nitrogens with zero attached hydrogens (tertiary/aromatic N) is 1. The number of rotatable bonds is 5. The van der Waals surface area contributed by atoms with Crippen LogP contribution in [0.2, 0.25) is 0 Å². The van der Waals surface area contributed by atoms with Crippen LogP contribution < -0.4 is 5.32 Å². The van der Waals surface area contributed by atoms with Crippen molar-refractivity contribution in [3.8, 4) is 0 Å². The number of hydrogen-bond donors (Lipinski definition) is 1. The van der Waals surface area contributed by atoms with Crippen LogP contribution in [0.4, 0.5) is 4.79 Å². The number of carbonyl (C=O) groups excluding carboxylic acids is 1. The molecule has 0 aliphatic heterocycles. The van der Waals surface area contributed by atoms with Gasteiger partial charge in [-0.2, -0.15) is 0 Å². The highest BCUT2D eigenvalue weighted by Gasteiger charge is 2.58. The van der Waals surface area contributed by atoms with Crippen molar-refractivity contribution in [2.45, 2.75) is 79.4 Å². The molecule has 134 valence electrons. The summed E-state index contributed by atoms with van der Waals surface area (Å²) in [6.45, 7) is 17.2. The second-order valence-electron chi connectivity index (χ2n) is 9.36. The molecule has 0 saturated heterocycles. The molecule has 4 heteroatoms. The Balaban J connectivity index is 1.87. The van der Waals surface area contributed by atoms with E-state index in [1.807, 2.05) is 27.7 Å². The second-order valence-corrected chi connectivity index (χ2v) is 9.36. The van der Waals surface area contributed by atoms with E-state index in [-0.39, 0.29) is 6.09 Å². The van der Waals surface area contributed by atoms with Gasteiger partial charge in [0.1, 0.15) is 5.60 Å². The molecule has 0 aromatic heterocycles. The third-order valence-corrected chi connectivity index (χ3v) is 6.03. The molecule has 2 bridgehead atoms. The van der Waals surface area contributed by atoms with Gasteiger partial charge < -0.3 is 15.0 Å². The SMILES string of the molecule is CCN(CCNC1C2(C)CCC(C2)C1(C)C)C(=O)OC(C)(C)C. The Morgan fingerprint density at radius 3 is 2.43 bits per heavy atom. The van der Waals surface area contributed by atoms with E-state index in [4.69, 9.17) is 4.74 Å². The fourth-order valence-electron chi connectivity index (χ4n) is 4.86. The van der Waals surface area contributed by atoms with Crippen LogP contribution in [0.15, 0.2) is 0 Å². The molecule has 2 rings (SSSR count). The maximum Gasteiger partial charge on any atom is 0.410 e. The molecule has 0 radical (unpaired) electrons. The number of nitrogens with one attached hydrogen (secondary N) is 1. The Morgan fingerprint density at radius 1 is 1.30 bits per heavy atom.